The van der Waals surface area contributed by atoms with Crippen LogP contribution in [0.5, 0.6) is 0 Å². The van der Waals surface area contributed by atoms with Crippen molar-refractivity contribution in [3.63, 3.8) is 0 Å². The Morgan fingerprint density at radius 3 is 2.88 bits per heavy atom. The van der Waals surface area contributed by atoms with Crippen LogP contribution in [0.15, 0.2) is 0 Å². The Morgan fingerprint density at radius 1 is 1.65 bits per heavy atom. The second-order valence-corrected chi connectivity index (χ2v) is 4.42. The van der Waals surface area contributed by atoms with Gasteiger partial charge in [0.05, 0.1) is 4.92 Å². The number of anilines is 1. The third kappa shape index (κ3) is 1.97. The third-order valence-corrected chi connectivity index (χ3v) is 3.19. The number of aliphatic hydroxyl groups excluding tert-OH is 1. The first-order valence-corrected chi connectivity index (χ1v) is 5.58. The van der Waals surface area contributed by atoms with Gasteiger partial charge in [0.2, 0.25) is 5.82 Å². The Bertz CT molecular complexity index is 443. The molecular formula is C10H16N4O3. The van der Waals surface area contributed by atoms with Crippen LogP contribution in [0.25, 0.3) is 0 Å². The van der Waals surface area contributed by atoms with Crippen LogP contribution in [0.4, 0.5) is 11.5 Å². The minimum absolute atomic E-state index is 0.0751. The first kappa shape index (κ1) is 11.8. The molecule has 7 nitrogen and oxygen atoms in total. The van der Waals surface area contributed by atoms with Crippen molar-refractivity contribution in [2.45, 2.75) is 13.3 Å². The summed E-state index contributed by atoms with van der Waals surface area (Å²) in [6, 6.07) is 0. The average Bonchev–Trinajstić information content (AvgIpc) is 2.81. The number of aryl methyl sites for hydroxylation is 2. The zero-order chi connectivity index (χ0) is 12.6. The lowest BCUT2D eigenvalue weighted by atomic mass is 10.1. The molecule has 0 spiro atoms. The minimum atomic E-state index is -0.385. The standard InChI is InChI=1S/C10H16N4O3/c1-7-9(14(16)17)10(12(2)11-7)13-4-3-8(5-13)6-15/h8,15H,3-6H2,1-2H3. The highest BCUT2D eigenvalue weighted by Gasteiger charge is 2.32. The molecule has 0 saturated carbocycles. The topological polar surface area (TPSA) is 84.4 Å². The van der Waals surface area contributed by atoms with Crippen molar-refractivity contribution in [3.8, 4) is 0 Å². The van der Waals surface area contributed by atoms with Gasteiger partial charge in [-0.05, 0) is 13.3 Å². The molecule has 0 amide bonds. The van der Waals surface area contributed by atoms with Crippen molar-refractivity contribution in [1.29, 1.82) is 0 Å². The van der Waals surface area contributed by atoms with Crippen LogP contribution in [-0.2, 0) is 7.05 Å². The number of hydrogen-bond donors (Lipinski definition) is 1. The Kier molecular flexibility index (Phi) is 3.01. The summed E-state index contributed by atoms with van der Waals surface area (Å²) in [5, 5.41) is 24.2. The monoisotopic (exact) mass is 240 g/mol. The van der Waals surface area contributed by atoms with Crippen molar-refractivity contribution >= 4 is 11.5 Å². The lowest BCUT2D eigenvalue weighted by molar-refractivity contribution is -0.384. The number of rotatable bonds is 3. The Labute approximate surface area is 98.8 Å². The molecule has 0 bridgehead atoms. The summed E-state index contributed by atoms with van der Waals surface area (Å²) in [6.45, 7) is 3.14. The van der Waals surface area contributed by atoms with Gasteiger partial charge in [-0.2, -0.15) is 5.10 Å². The van der Waals surface area contributed by atoms with Gasteiger partial charge in [0.25, 0.3) is 0 Å². The van der Waals surface area contributed by atoms with E-state index in [1.807, 2.05) is 4.90 Å². The summed E-state index contributed by atoms with van der Waals surface area (Å²) in [5.74, 6) is 0.744. The zero-order valence-corrected chi connectivity index (χ0v) is 9.96. The fourth-order valence-corrected chi connectivity index (χ4v) is 2.38. The second-order valence-electron chi connectivity index (χ2n) is 4.42. The highest BCUT2D eigenvalue weighted by atomic mass is 16.6. The van der Waals surface area contributed by atoms with Crippen molar-refractivity contribution in [2.75, 3.05) is 24.6 Å². The molecule has 1 saturated heterocycles. The van der Waals surface area contributed by atoms with Gasteiger partial charge in [-0.1, -0.05) is 0 Å². The zero-order valence-electron chi connectivity index (χ0n) is 9.96. The van der Waals surface area contributed by atoms with E-state index in [2.05, 4.69) is 5.10 Å². The van der Waals surface area contributed by atoms with Crippen molar-refractivity contribution in [1.82, 2.24) is 9.78 Å². The number of nitrogens with zero attached hydrogens (tertiary/aromatic N) is 4. The number of hydrogen-bond acceptors (Lipinski definition) is 5. The average molecular weight is 240 g/mol. The summed E-state index contributed by atoms with van der Waals surface area (Å²) in [7, 11) is 1.71. The Hall–Kier alpha value is -1.63. The van der Waals surface area contributed by atoms with E-state index in [-0.39, 0.29) is 23.1 Å². The van der Waals surface area contributed by atoms with Gasteiger partial charge in [-0.25, -0.2) is 4.68 Å². The molecule has 0 aromatic carbocycles. The molecule has 1 aliphatic heterocycles. The molecule has 1 N–H and O–H groups in total. The molecule has 17 heavy (non-hydrogen) atoms. The van der Waals surface area contributed by atoms with Crippen LogP contribution in [0, 0.1) is 23.0 Å². The number of aromatic nitrogens is 2. The first-order chi connectivity index (χ1) is 8.04. The minimum Gasteiger partial charge on any atom is -0.396 e. The van der Waals surface area contributed by atoms with E-state index < -0.39 is 0 Å². The lowest BCUT2D eigenvalue weighted by Gasteiger charge is -2.17. The lowest BCUT2D eigenvalue weighted by Crippen LogP contribution is -2.23. The van der Waals surface area contributed by atoms with Gasteiger partial charge in [0.15, 0.2) is 0 Å². The molecule has 7 heteroatoms. The van der Waals surface area contributed by atoms with Gasteiger partial charge in [-0.15, -0.1) is 0 Å². The van der Waals surface area contributed by atoms with Crippen LogP contribution in [0.2, 0.25) is 0 Å². The molecule has 0 aliphatic carbocycles. The predicted octanol–water partition coefficient (Wildman–Crippen LogP) is 0.455. The molecule has 1 atom stereocenters. The van der Waals surface area contributed by atoms with E-state index in [9.17, 15) is 10.1 Å². The van der Waals surface area contributed by atoms with Crippen LogP contribution in [-0.4, -0.2) is 39.5 Å². The fourth-order valence-electron chi connectivity index (χ4n) is 2.38. The van der Waals surface area contributed by atoms with Gasteiger partial charge in [0.1, 0.15) is 5.69 Å². The van der Waals surface area contributed by atoms with Crippen LogP contribution in [0.1, 0.15) is 12.1 Å². The maximum absolute atomic E-state index is 11.0. The summed E-state index contributed by atoms with van der Waals surface area (Å²) in [4.78, 5) is 12.6. The molecule has 2 heterocycles. The highest BCUT2D eigenvalue weighted by Crippen LogP contribution is 2.33. The van der Waals surface area contributed by atoms with E-state index >= 15 is 0 Å². The predicted molar refractivity (Wildman–Crippen MR) is 62.0 cm³/mol. The molecule has 0 radical (unpaired) electrons. The van der Waals surface area contributed by atoms with E-state index in [0.29, 0.717) is 18.1 Å². The summed E-state index contributed by atoms with van der Waals surface area (Å²) >= 11 is 0. The molecule has 1 aromatic heterocycles. The quantitative estimate of drug-likeness (QED) is 0.612. The maximum Gasteiger partial charge on any atom is 0.333 e. The molecule has 1 aliphatic rings. The maximum atomic E-state index is 11.0. The van der Waals surface area contributed by atoms with Crippen LogP contribution >= 0.6 is 0 Å². The highest BCUT2D eigenvalue weighted by molar-refractivity contribution is 5.61. The number of nitro groups is 1. The third-order valence-electron chi connectivity index (χ3n) is 3.19. The smallest absolute Gasteiger partial charge is 0.333 e. The molecular weight excluding hydrogens is 224 g/mol. The van der Waals surface area contributed by atoms with Crippen molar-refractivity contribution in [3.05, 3.63) is 15.8 Å². The molecule has 94 valence electrons. The van der Waals surface area contributed by atoms with E-state index in [4.69, 9.17) is 5.11 Å². The SMILES string of the molecule is Cc1nn(C)c(N2CCC(CO)C2)c1[N+](=O)[O-]. The van der Waals surface area contributed by atoms with E-state index in [1.54, 1.807) is 18.7 Å². The Morgan fingerprint density at radius 2 is 2.35 bits per heavy atom. The summed E-state index contributed by atoms with van der Waals surface area (Å²) in [6.07, 6.45) is 0.859. The van der Waals surface area contributed by atoms with E-state index in [0.717, 1.165) is 13.0 Å². The molecule has 2 rings (SSSR count). The van der Waals surface area contributed by atoms with Crippen LogP contribution in [0.3, 0.4) is 0 Å². The summed E-state index contributed by atoms with van der Waals surface area (Å²) in [5.41, 5.74) is 0.506. The van der Waals surface area contributed by atoms with Gasteiger partial charge < -0.3 is 10.0 Å². The normalized spacial score (nSPS) is 19.9. The Balaban J connectivity index is 2.35. The van der Waals surface area contributed by atoms with Gasteiger partial charge in [0, 0.05) is 32.7 Å². The molecule has 1 unspecified atom stereocenters. The fraction of sp³-hybridized carbons (Fsp3) is 0.700. The number of aliphatic hydroxyl groups is 1. The van der Waals surface area contributed by atoms with Crippen molar-refractivity contribution < 1.29 is 10.0 Å². The first-order valence-electron chi connectivity index (χ1n) is 5.58. The van der Waals surface area contributed by atoms with Gasteiger partial charge in [-0.3, -0.25) is 10.1 Å². The van der Waals surface area contributed by atoms with Gasteiger partial charge >= 0.3 is 5.69 Å². The molecule has 1 fully saturated rings. The largest absolute Gasteiger partial charge is 0.396 e. The summed E-state index contributed by atoms with van der Waals surface area (Å²) < 4.78 is 1.55. The molecule has 1 aromatic rings. The van der Waals surface area contributed by atoms with Crippen molar-refractivity contribution in [2.24, 2.45) is 13.0 Å². The van der Waals surface area contributed by atoms with Crippen LogP contribution < -0.4 is 4.90 Å². The van der Waals surface area contributed by atoms with E-state index in [1.165, 1.54) is 0 Å². The second kappa shape index (κ2) is 4.33.